The van der Waals surface area contributed by atoms with Gasteiger partial charge in [0.1, 0.15) is 6.61 Å². The molecule has 0 bridgehead atoms. The molecular formula is C10H20F3NO2. The summed E-state index contributed by atoms with van der Waals surface area (Å²) in [4.78, 5) is 0. The first-order valence-corrected chi connectivity index (χ1v) is 5.34. The molecule has 0 amide bonds. The molecule has 16 heavy (non-hydrogen) atoms. The molecule has 0 aromatic rings. The monoisotopic (exact) mass is 243 g/mol. The predicted octanol–water partition coefficient (Wildman–Crippen LogP) is 1.56. The van der Waals surface area contributed by atoms with Crippen molar-refractivity contribution in [3.63, 3.8) is 0 Å². The number of ether oxygens (including phenoxy) is 1. The van der Waals surface area contributed by atoms with Crippen molar-refractivity contribution >= 4 is 0 Å². The van der Waals surface area contributed by atoms with E-state index in [0.29, 0.717) is 12.5 Å². The minimum absolute atomic E-state index is 0.00585. The van der Waals surface area contributed by atoms with Gasteiger partial charge >= 0.3 is 6.18 Å². The fourth-order valence-corrected chi connectivity index (χ4v) is 1.31. The molecule has 0 spiro atoms. The van der Waals surface area contributed by atoms with Crippen molar-refractivity contribution in [2.24, 2.45) is 5.92 Å². The van der Waals surface area contributed by atoms with Gasteiger partial charge in [-0.25, -0.2) is 0 Å². The highest BCUT2D eigenvalue weighted by atomic mass is 19.4. The molecule has 1 atom stereocenters. The SMILES string of the molecule is CC(C)CC(CO)NCCOCC(F)(F)F. The molecule has 0 aliphatic rings. The van der Waals surface area contributed by atoms with Gasteiger partial charge in [-0.2, -0.15) is 13.2 Å². The van der Waals surface area contributed by atoms with Crippen LogP contribution < -0.4 is 5.32 Å². The summed E-state index contributed by atoms with van der Waals surface area (Å²) in [6, 6.07) is -0.0745. The number of aliphatic hydroxyl groups excluding tert-OH is 1. The van der Waals surface area contributed by atoms with Crippen LogP contribution in [0.3, 0.4) is 0 Å². The quantitative estimate of drug-likeness (QED) is 0.636. The van der Waals surface area contributed by atoms with Gasteiger partial charge in [-0.1, -0.05) is 13.8 Å². The molecule has 1 unspecified atom stereocenters. The maximum absolute atomic E-state index is 11.7. The number of nitrogens with one attached hydrogen (secondary N) is 1. The van der Waals surface area contributed by atoms with E-state index in [9.17, 15) is 13.2 Å². The Morgan fingerprint density at radius 3 is 2.38 bits per heavy atom. The van der Waals surface area contributed by atoms with E-state index in [4.69, 9.17) is 5.11 Å². The van der Waals surface area contributed by atoms with Gasteiger partial charge in [-0.3, -0.25) is 0 Å². The zero-order valence-electron chi connectivity index (χ0n) is 9.68. The van der Waals surface area contributed by atoms with Crippen LogP contribution in [-0.2, 0) is 4.74 Å². The number of rotatable bonds is 8. The first kappa shape index (κ1) is 15.7. The lowest BCUT2D eigenvalue weighted by Gasteiger charge is -2.18. The third-order valence-corrected chi connectivity index (χ3v) is 1.92. The molecular weight excluding hydrogens is 223 g/mol. The van der Waals surface area contributed by atoms with Crippen molar-refractivity contribution in [1.29, 1.82) is 0 Å². The van der Waals surface area contributed by atoms with Crippen molar-refractivity contribution in [1.82, 2.24) is 5.32 Å². The summed E-state index contributed by atoms with van der Waals surface area (Å²) in [7, 11) is 0. The minimum Gasteiger partial charge on any atom is -0.395 e. The van der Waals surface area contributed by atoms with Crippen LogP contribution in [-0.4, -0.2) is 43.7 Å². The normalized spacial score (nSPS) is 14.4. The lowest BCUT2D eigenvalue weighted by molar-refractivity contribution is -0.173. The fraction of sp³-hybridized carbons (Fsp3) is 1.00. The van der Waals surface area contributed by atoms with Gasteiger partial charge in [-0.05, 0) is 12.3 Å². The van der Waals surface area contributed by atoms with Crippen LogP contribution >= 0.6 is 0 Å². The number of hydrogen-bond donors (Lipinski definition) is 2. The molecule has 3 nitrogen and oxygen atoms in total. The summed E-state index contributed by atoms with van der Waals surface area (Å²) < 4.78 is 39.5. The van der Waals surface area contributed by atoms with Gasteiger partial charge in [0.2, 0.25) is 0 Å². The Labute approximate surface area is 94.0 Å². The first-order chi connectivity index (χ1) is 7.35. The average molecular weight is 243 g/mol. The summed E-state index contributed by atoms with van der Waals surface area (Å²) in [5.74, 6) is 0.431. The van der Waals surface area contributed by atoms with E-state index in [2.05, 4.69) is 10.1 Å². The molecule has 0 aliphatic heterocycles. The Morgan fingerprint density at radius 1 is 1.31 bits per heavy atom. The topological polar surface area (TPSA) is 41.5 Å². The second-order valence-corrected chi connectivity index (χ2v) is 4.13. The van der Waals surface area contributed by atoms with E-state index in [1.807, 2.05) is 13.8 Å². The van der Waals surface area contributed by atoms with Crippen LogP contribution in [0.25, 0.3) is 0 Å². The van der Waals surface area contributed by atoms with E-state index in [1.54, 1.807) is 0 Å². The van der Waals surface area contributed by atoms with E-state index < -0.39 is 12.8 Å². The molecule has 6 heteroatoms. The number of alkyl halides is 3. The maximum Gasteiger partial charge on any atom is 0.411 e. The van der Waals surface area contributed by atoms with Gasteiger partial charge in [0.15, 0.2) is 0 Å². The highest BCUT2D eigenvalue weighted by molar-refractivity contribution is 4.66. The van der Waals surface area contributed by atoms with Crippen molar-refractivity contribution < 1.29 is 23.0 Å². The van der Waals surface area contributed by atoms with Crippen LogP contribution in [0.2, 0.25) is 0 Å². The van der Waals surface area contributed by atoms with Crippen LogP contribution in [0.15, 0.2) is 0 Å². The molecule has 0 heterocycles. The second-order valence-electron chi connectivity index (χ2n) is 4.13. The van der Waals surface area contributed by atoms with Crippen molar-refractivity contribution in [2.75, 3.05) is 26.4 Å². The van der Waals surface area contributed by atoms with Crippen LogP contribution in [0.4, 0.5) is 13.2 Å². The number of hydrogen-bond acceptors (Lipinski definition) is 3. The van der Waals surface area contributed by atoms with E-state index in [0.717, 1.165) is 6.42 Å². The molecule has 0 saturated heterocycles. The minimum atomic E-state index is -4.27. The van der Waals surface area contributed by atoms with E-state index >= 15 is 0 Å². The van der Waals surface area contributed by atoms with Gasteiger partial charge in [0.25, 0.3) is 0 Å². The fourth-order valence-electron chi connectivity index (χ4n) is 1.31. The molecule has 0 rings (SSSR count). The molecule has 0 aliphatic carbocycles. The largest absolute Gasteiger partial charge is 0.411 e. The zero-order chi connectivity index (χ0) is 12.6. The maximum atomic E-state index is 11.7. The summed E-state index contributed by atoms with van der Waals surface area (Å²) in [6.45, 7) is 3.11. The Morgan fingerprint density at radius 2 is 1.94 bits per heavy atom. The van der Waals surface area contributed by atoms with Crippen molar-refractivity contribution in [3.05, 3.63) is 0 Å². The second kappa shape index (κ2) is 7.86. The molecule has 0 saturated carbocycles. The number of aliphatic hydroxyl groups is 1. The van der Waals surface area contributed by atoms with Gasteiger partial charge in [0, 0.05) is 12.6 Å². The summed E-state index contributed by atoms with van der Waals surface area (Å²) in [5, 5.41) is 11.9. The van der Waals surface area contributed by atoms with Crippen LogP contribution in [0.1, 0.15) is 20.3 Å². The van der Waals surface area contributed by atoms with Gasteiger partial charge < -0.3 is 15.2 Å². The molecule has 0 aromatic heterocycles. The lowest BCUT2D eigenvalue weighted by atomic mass is 10.0. The third kappa shape index (κ3) is 10.2. The van der Waals surface area contributed by atoms with Crippen molar-refractivity contribution in [2.45, 2.75) is 32.5 Å². The highest BCUT2D eigenvalue weighted by Crippen LogP contribution is 2.14. The van der Waals surface area contributed by atoms with Gasteiger partial charge in [0.05, 0.1) is 13.2 Å². The zero-order valence-corrected chi connectivity index (χ0v) is 9.68. The smallest absolute Gasteiger partial charge is 0.395 e. The summed E-state index contributed by atoms with van der Waals surface area (Å²) in [5.41, 5.74) is 0. The molecule has 0 fully saturated rings. The summed E-state index contributed by atoms with van der Waals surface area (Å²) >= 11 is 0. The Kier molecular flexibility index (Phi) is 7.70. The Balaban J connectivity index is 3.48. The number of halogens is 3. The highest BCUT2D eigenvalue weighted by Gasteiger charge is 2.27. The molecule has 0 aromatic carbocycles. The van der Waals surface area contributed by atoms with E-state index in [-0.39, 0.29) is 19.3 Å². The molecule has 2 N–H and O–H groups in total. The van der Waals surface area contributed by atoms with Crippen LogP contribution in [0.5, 0.6) is 0 Å². The van der Waals surface area contributed by atoms with E-state index in [1.165, 1.54) is 0 Å². The van der Waals surface area contributed by atoms with Crippen LogP contribution in [0, 0.1) is 5.92 Å². The Hall–Kier alpha value is -0.330. The molecule has 0 radical (unpaired) electrons. The lowest BCUT2D eigenvalue weighted by Crippen LogP contribution is -2.36. The van der Waals surface area contributed by atoms with Gasteiger partial charge in [-0.15, -0.1) is 0 Å². The summed E-state index contributed by atoms with van der Waals surface area (Å²) in [6.07, 6.45) is -3.48. The Bertz CT molecular complexity index is 174. The van der Waals surface area contributed by atoms with Crippen molar-refractivity contribution in [3.8, 4) is 0 Å². The first-order valence-electron chi connectivity index (χ1n) is 5.34. The molecule has 98 valence electrons. The average Bonchev–Trinajstić information content (AvgIpc) is 2.13. The standard InChI is InChI=1S/C10H20F3NO2/c1-8(2)5-9(6-15)14-3-4-16-7-10(11,12)13/h8-9,14-15H,3-7H2,1-2H3. The third-order valence-electron chi connectivity index (χ3n) is 1.92. The predicted molar refractivity (Wildman–Crippen MR) is 55.2 cm³/mol.